The SMILES string of the molecule is C1=NOCCC1.Cl. The molecule has 0 saturated carbocycles. The van der Waals surface area contributed by atoms with Crippen molar-refractivity contribution in [2.75, 3.05) is 6.61 Å². The van der Waals surface area contributed by atoms with Gasteiger partial charge in [0.2, 0.25) is 0 Å². The lowest BCUT2D eigenvalue weighted by atomic mass is 10.3. The van der Waals surface area contributed by atoms with Gasteiger partial charge in [0.1, 0.15) is 6.61 Å². The minimum absolute atomic E-state index is 0. The predicted octanol–water partition coefficient (Wildman–Crippen LogP) is 1.20. The normalized spacial score (nSPS) is 17.1. The van der Waals surface area contributed by atoms with E-state index in [1.165, 1.54) is 0 Å². The highest BCUT2D eigenvalue weighted by Gasteiger charge is 1.88. The first-order valence-corrected chi connectivity index (χ1v) is 2.14. The molecule has 0 fully saturated rings. The molecular weight excluding hydrogens is 114 g/mol. The van der Waals surface area contributed by atoms with Crippen LogP contribution in [-0.4, -0.2) is 12.8 Å². The van der Waals surface area contributed by atoms with Crippen LogP contribution in [0, 0.1) is 0 Å². The summed E-state index contributed by atoms with van der Waals surface area (Å²) in [4.78, 5) is 4.64. The number of hydrogen-bond acceptors (Lipinski definition) is 2. The van der Waals surface area contributed by atoms with Crippen LogP contribution in [0.5, 0.6) is 0 Å². The third-order valence-electron chi connectivity index (χ3n) is 0.718. The first-order valence-electron chi connectivity index (χ1n) is 2.14. The molecule has 0 spiro atoms. The standard InChI is InChI=1S/C4H7NO.ClH/c1-2-4-6-5-3-1;/h3H,1-2,4H2;1H. The molecule has 0 bridgehead atoms. The molecular formula is C4H8ClNO. The van der Waals surface area contributed by atoms with Gasteiger partial charge >= 0.3 is 0 Å². The van der Waals surface area contributed by atoms with Crippen LogP contribution in [-0.2, 0) is 4.84 Å². The molecule has 0 N–H and O–H groups in total. The Bertz CT molecular complexity index is 56.7. The lowest BCUT2D eigenvalue weighted by molar-refractivity contribution is 0.134. The predicted molar refractivity (Wildman–Crippen MR) is 30.9 cm³/mol. The Morgan fingerprint density at radius 1 is 1.57 bits per heavy atom. The van der Waals surface area contributed by atoms with Crippen molar-refractivity contribution in [3.05, 3.63) is 0 Å². The van der Waals surface area contributed by atoms with Gasteiger partial charge in [-0.05, 0) is 12.8 Å². The van der Waals surface area contributed by atoms with Crippen LogP contribution in [0.25, 0.3) is 0 Å². The Kier molecular flexibility index (Phi) is 3.80. The van der Waals surface area contributed by atoms with E-state index in [-0.39, 0.29) is 12.4 Å². The van der Waals surface area contributed by atoms with Crippen LogP contribution in [0.3, 0.4) is 0 Å². The molecule has 0 aromatic carbocycles. The minimum atomic E-state index is 0. The third kappa shape index (κ3) is 2.45. The van der Waals surface area contributed by atoms with E-state index in [9.17, 15) is 0 Å². The quantitative estimate of drug-likeness (QED) is 0.472. The fourth-order valence-electron chi connectivity index (χ4n) is 0.397. The Labute approximate surface area is 48.9 Å². The fourth-order valence-corrected chi connectivity index (χ4v) is 0.397. The molecule has 0 aliphatic carbocycles. The van der Waals surface area contributed by atoms with Crippen molar-refractivity contribution in [1.82, 2.24) is 0 Å². The largest absolute Gasteiger partial charge is 0.396 e. The van der Waals surface area contributed by atoms with Gasteiger partial charge in [-0.1, -0.05) is 5.16 Å². The second-order valence-electron chi connectivity index (χ2n) is 1.26. The summed E-state index contributed by atoms with van der Waals surface area (Å²) >= 11 is 0. The zero-order chi connectivity index (χ0) is 4.24. The molecule has 3 heteroatoms. The number of hydrogen-bond donors (Lipinski definition) is 0. The zero-order valence-electron chi connectivity index (χ0n) is 3.96. The molecule has 1 rings (SSSR count). The van der Waals surface area contributed by atoms with Gasteiger partial charge in [-0.25, -0.2) is 0 Å². The maximum atomic E-state index is 4.64. The van der Waals surface area contributed by atoms with Crippen molar-refractivity contribution in [2.24, 2.45) is 5.16 Å². The highest BCUT2D eigenvalue weighted by atomic mass is 35.5. The molecule has 42 valence electrons. The summed E-state index contributed by atoms with van der Waals surface area (Å²) in [5.41, 5.74) is 0. The van der Waals surface area contributed by atoms with E-state index in [0.717, 1.165) is 19.4 Å². The summed E-state index contributed by atoms with van der Waals surface area (Å²) in [6, 6.07) is 0. The van der Waals surface area contributed by atoms with Gasteiger partial charge < -0.3 is 4.84 Å². The van der Waals surface area contributed by atoms with E-state index in [2.05, 4.69) is 9.99 Å². The van der Waals surface area contributed by atoms with Gasteiger partial charge in [0.05, 0.1) is 0 Å². The van der Waals surface area contributed by atoms with Crippen molar-refractivity contribution in [3.8, 4) is 0 Å². The molecule has 7 heavy (non-hydrogen) atoms. The molecule has 0 radical (unpaired) electrons. The first kappa shape index (κ1) is 6.76. The van der Waals surface area contributed by atoms with E-state index >= 15 is 0 Å². The fraction of sp³-hybridized carbons (Fsp3) is 0.750. The van der Waals surface area contributed by atoms with E-state index in [4.69, 9.17) is 0 Å². The number of nitrogens with zero attached hydrogens (tertiary/aromatic N) is 1. The molecule has 0 aromatic rings. The van der Waals surface area contributed by atoms with E-state index in [0.29, 0.717) is 0 Å². The molecule has 0 saturated heterocycles. The minimum Gasteiger partial charge on any atom is -0.396 e. The van der Waals surface area contributed by atoms with Gasteiger partial charge in [0.15, 0.2) is 0 Å². The van der Waals surface area contributed by atoms with Gasteiger partial charge in [-0.3, -0.25) is 0 Å². The highest BCUT2D eigenvalue weighted by Crippen LogP contribution is 1.92. The third-order valence-corrected chi connectivity index (χ3v) is 0.718. The molecule has 0 unspecified atom stereocenters. The number of oxime groups is 1. The molecule has 1 aliphatic heterocycles. The van der Waals surface area contributed by atoms with Gasteiger partial charge in [0, 0.05) is 6.21 Å². The number of halogens is 1. The Balaban J connectivity index is 0.000000360. The number of rotatable bonds is 0. The second-order valence-corrected chi connectivity index (χ2v) is 1.26. The lowest BCUT2D eigenvalue weighted by Gasteiger charge is -1.99. The average molecular weight is 122 g/mol. The summed E-state index contributed by atoms with van der Waals surface area (Å²) in [6.45, 7) is 0.802. The zero-order valence-corrected chi connectivity index (χ0v) is 4.78. The molecule has 0 amide bonds. The van der Waals surface area contributed by atoms with Crippen molar-refractivity contribution in [1.29, 1.82) is 0 Å². The summed E-state index contributed by atoms with van der Waals surface area (Å²) in [6.07, 6.45) is 4.01. The lowest BCUT2D eigenvalue weighted by Crippen LogP contribution is -1.94. The van der Waals surface area contributed by atoms with E-state index in [1.807, 2.05) is 0 Å². The summed E-state index contributed by atoms with van der Waals surface area (Å²) in [5, 5.41) is 3.55. The molecule has 0 aromatic heterocycles. The maximum Gasteiger partial charge on any atom is 0.117 e. The molecule has 1 heterocycles. The van der Waals surface area contributed by atoms with E-state index < -0.39 is 0 Å². The summed E-state index contributed by atoms with van der Waals surface area (Å²) in [7, 11) is 0. The Hall–Kier alpha value is -0.240. The molecule has 2 nitrogen and oxygen atoms in total. The van der Waals surface area contributed by atoms with Crippen LogP contribution in [0.1, 0.15) is 12.8 Å². The van der Waals surface area contributed by atoms with Gasteiger partial charge in [-0.15, -0.1) is 12.4 Å². The van der Waals surface area contributed by atoms with Gasteiger partial charge in [0.25, 0.3) is 0 Å². The first-order chi connectivity index (χ1) is 3.00. The monoisotopic (exact) mass is 121 g/mol. The van der Waals surface area contributed by atoms with Crippen molar-refractivity contribution in [2.45, 2.75) is 12.8 Å². The summed E-state index contributed by atoms with van der Waals surface area (Å²) in [5.74, 6) is 0. The van der Waals surface area contributed by atoms with Crippen LogP contribution in [0.2, 0.25) is 0 Å². The average Bonchev–Trinajstić information content (AvgIpc) is 1.72. The van der Waals surface area contributed by atoms with Crippen LogP contribution < -0.4 is 0 Å². The van der Waals surface area contributed by atoms with Crippen molar-refractivity contribution >= 4 is 18.6 Å². The highest BCUT2D eigenvalue weighted by molar-refractivity contribution is 5.85. The van der Waals surface area contributed by atoms with Crippen molar-refractivity contribution in [3.63, 3.8) is 0 Å². The van der Waals surface area contributed by atoms with Crippen LogP contribution in [0.4, 0.5) is 0 Å². The molecule has 1 aliphatic rings. The maximum absolute atomic E-state index is 4.64. The Morgan fingerprint density at radius 3 is 2.57 bits per heavy atom. The smallest absolute Gasteiger partial charge is 0.117 e. The molecule has 0 atom stereocenters. The second kappa shape index (κ2) is 3.93. The topological polar surface area (TPSA) is 21.6 Å². The van der Waals surface area contributed by atoms with Crippen LogP contribution in [0.15, 0.2) is 5.16 Å². The van der Waals surface area contributed by atoms with Gasteiger partial charge in [-0.2, -0.15) is 0 Å². The Morgan fingerprint density at radius 2 is 2.43 bits per heavy atom. The van der Waals surface area contributed by atoms with E-state index in [1.54, 1.807) is 6.21 Å². The van der Waals surface area contributed by atoms with Crippen molar-refractivity contribution < 1.29 is 4.84 Å². The van der Waals surface area contributed by atoms with Crippen LogP contribution >= 0.6 is 12.4 Å². The summed E-state index contributed by atoms with van der Waals surface area (Å²) < 4.78 is 0.